The summed E-state index contributed by atoms with van der Waals surface area (Å²) in [6.45, 7) is 0. The SMILES string of the molecule is Cl.N[C@H](c1cccs1)c1c(Br)cc(Br)c(O)c1Br. The van der Waals surface area contributed by atoms with Crippen molar-refractivity contribution < 1.29 is 5.11 Å². The van der Waals surface area contributed by atoms with Crippen LogP contribution in [0.4, 0.5) is 0 Å². The summed E-state index contributed by atoms with van der Waals surface area (Å²) in [4.78, 5) is 1.05. The minimum Gasteiger partial charge on any atom is -0.506 e. The van der Waals surface area contributed by atoms with Gasteiger partial charge >= 0.3 is 0 Å². The second-order valence-corrected chi connectivity index (χ2v) is 6.89. The van der Waals surface area contributed by atoms with Gasteiger partial charge in [-0.25, -0.2) is 0 Å². The number of phenols is 1. The van der Waals surface area contributed by atoms with Crippen LogP contribution >= 0.6 is 71.5 Å². The molecule has 18 heavy (non-hydrogen) atoms. The summed E-state index contributed by atoms with van der Waals surface area (Å²) in [6, 6.07) is 5.47. The van der Waals surface area contributed by atoms with Crippen molar-refractivity contribution >= 4 is 71.5 Å². The molecule has 0 aliphatic heterocycles. The Balaban J connectivity index is 0.00000162. The van der Waals surface area contributed by atoms with E-state index in [4.69, 9.17) is 5.73 Å². The molecule has 0 saturated carbocycles. The van der Waals surface area contributed by atoms with Crippen molar-refractivity contribution in [3.05, 3.63) is 47.4 Å². The van der Waals surface area contributed by atoms with Gasteiger partial charge in [0.15, 0.2) is 0 Å². The number of rotatable bonds is 2. The fourth-order valence-electron chi connectivity index (χ4n) is 1.49. The number of phenolic OH excluding ortho intramolecular Hbond substituents is 1. The molecular weight excluding hydrogens is 469 g/mol. The van der Waals surface area contributed by atoms with Gasteiger partial charge in [0.05, 0.1) is 15.0 Å². The molecule has 0 aliphatic rings. The van der Waals surface area contributed by atoms with Crippen molar-refractivity contribution in [3.63, 3.8) is 0 Å². The minimum atomic E-state index is -0.266. The van der Waals surface area contributed by atoms with E-state index in [-0.39, 0.29) is 24.2 Å². The highest BCUT2D eigenvalue weighted by Gasteiger charge is 2.20. The molecule has 0 radical (unpaired) electrons. The highest BCUT2D eigenvalue weighted by atomic mass is 79.9. The first-order chi connectivity index (χ1) is 8.02. The van der Waals surface area contributed by atoms with E-state index >= 15 is 0 Å². The summed E-state index contributed by atoms with van der Waals surface area (Å²) in [5.41, 5.74) is 7.05. The predicted molar refractivity (Wildman–Crippen MR) is 88.8 cm³/mol. The number of halogens is 4. The van der Waals surface area contributed by atoms with Gasteiger partial charge < -0.3 is 10.8 Å². The number of aromatic hydroxyl groups is 1. The Morgan fingerprint density at radius 3 is 2.44 bits per heavy atom. The third-order valence-corrected chi connectivity index (χ3v) is 5.36. The van der Waals surface area contributed by atoms with E-state index in [9.17, 15) is 5.11 Å². The van der Waals surface area contributed by atoms with E-state index in [1.807, 2.05) is 17.5 Å². The van der Waals surface area contributed by atoms with Gasteiger partial charge in [-0.1, -0.05) is 22.0 Å². The van der Waals surface area contributed by atoms with E-state index in [0.717, 1.165) is 14.9 Å². The molecule has 2 aromatic rings. The van der Waals surface area contributed by atoms with Crippen LogP contribution in [0.15, 0.2) is 37.0 Å². The van der Waals surface area contributed by atoms with Gasteiger partial charge in [0.25, 0.3) is 0 Å². The maximum Gasteiger partial charge on any atom is 0.144 e. The van der Waals surface area contributed by atoms with Crippen molar-refractivity contribution in [3.8, 4) is 5.75 Å². The lowest BCUT2D eigenvalue weighted by atomic mass is 10.1. The average Bonchev–Trinajstić information content (AvgIpc) is 2.79. The van der Waals surface area contributed by atoms with Gasteiger partial charge in [-0.3, -0.25) is 0 Å². The Bertz CT molecular complexity index is 548. The lowest BCUT2D eigenvalue weighted by Gasteiger charge is -2.16. The van der Waals surface area contributed by atoms with E-state index in [2.05, 4.69) is 47.8 Å². The maximum atomic E-state index is 9.89. The highest BCUT2D eigenvalue weighted by Crippen LogP contribution is 2.43. The molecule has 2 nitrogen and oxygen atoms in total. The van der Waals surface area contributed by atoms with Crippen LogP contribution in [0.25, 0.3) is 0 Å². The van der Waals surface area contributed by atoms with E-state index < -0.39 is 0 Å². The van der Waals surface area contributed by atoms with Gasteiger partial charge in [-0.05, 0) is 49.4 Å². The van der Waals surface area contributed by atoms with Crippen molar-refractivity contribution in [2.24, 2.45) is 5.73 Å². The van der Waals surface area contributed by atoms with Crippen LogP contribution in [0.1, 0.15) is 16.5 Å². The first-order valence-corrected chi connectivity index (χ1v) is 7.93. The molecule has 0 saturated heterocycles. The first kappa shape index (κ1) is 16.5. The van der Waals surface area contributed by atoms with Gasteiger partial charge in [0.2, 0.25) is 0 Å². The van der Waals surface area contributed by atoms with Crippen LogP contribution in [0.5, 0.6) is 5.75 Å². The fourth-order valence-corrected chi connectivity index (χ4v) is 4.84. The Hall–Kier alpha value is 0.410. The third-order valence-electron chi connectivity index (χ3n) is 2.34. The molecular formula is C11H9Br3ClNOS. The predicted octanol–water partition coefficient (Wildman–Crippen LogP) is 5.21. The Labute approximate surface area is 140 Å². The normalized spacial score (nSPS) is 12.0. The number of benzene rings is 1. The van der Waals surface area contributed by atoms with Crippen LogP contribution in [0, 0.1) is 0 Å². The average molecular weight is 478 g/mol. The monoisotopic (exact) mass is 475 g/mol. The molecule has 1 aromatic carbocycles. The molecule has 1 atom stereocenters. The number of thiophene rings is 1. The Morgan fingerprint density at radius 2 is 1.89 bits per heavy atom. The summed E-state index contributed by atoms with van der Waals surface area (Å²) >= 11 is 11.7. The summed E-state index contributed by atoms with van der Waals surface area (Å²) in [5, 5.41) is 11.9. The second-order valence-electron chi connectivity index (χ2n) is 3.41. The zero-order chi connectivity index (χ0) is 12.6. The molecule has 98 valence electrons. The lowest BCUT2D eigenvalue weighted by Crippen LogP contribution is -2.11. The van der Waals surface area contributed by atoms with Crippen molar-refractivity contribution in [2.45, 2.75) is 6.04 Å². The largest absolute Gasteiger partial charge is 0.506 e. The van der Waals surface area contributed by atoms with Crippen molar-refractivity contribution in [1.82, 2.24) is 0 Å². The Kier molecular flexibility index (Phi) is 6.15. The topological polar surface area (TPSA) is 46.2 Å². The third kappa shape index (κ3) is 3.11. The quantitative estimate of drug-likeness (QED) is 0.623. The molecule has 0 aliphatic carbocycles. The molecule has 2 rings (SSSR count). The van der Waals surface area contributed by atoms with E-state index in [1.165, 1.54) is 0 Å². The summed E-state index contributed by atoms with van der Waals surface area (Å²) in [7, 11) is 0. The fraction of sp³-hybridized carbons (Fsp3) is 0.0909. The summed E-state index contributed by atoms with van der Waals surface area (Å²) < 4.78 is 2.09. The molecule has 0 fully saturated rings. The zero-order valence-electron chi connectivity index (χ0n) is 8.86. The molecule has 1 heterocycles. The molecule has 0 bridgehead atoms. The van der Waals surface area contributed by atoms with Crippen LogP contribution in [-0.2, 0) is 0 Å². The smallest absolute Gasteiger partial charge is 0.144 e. The maximum absolute atomic E-state index is 9.89. The van der Waals surface area contributed by atoms with Crippen LogP contribution in [0.2, 0.25) is 0 Å². The van der Waals surface area contributed by atoms with Crippen molar-refractivity contribution in [1.29, 1.82) is 0 Å². The number of hydrogen-bond acceptors (Lipinski definition) is 3. The van der Waals surface area contributed by atoms with Gasteiger partial charge in [0.1, 0.15) is 5.75 Å². The first-order valence-electron chi connectivity index (χ1n) is 4.67. The van der Waals surface area contributed by atoms with E-state index in [1.54, 1.807) is 17.4 Å². The lowest BCUT2D eigenvalue weighted by molar-refractivity contribution is 0.467. The highest BCUT2D eigenvalue weighted by molar-refractivity contribution is 9.11. The van der Waals surface area contributed by atoms with Crippen molar-refractivity contribution in [2.75, 3.05) is 0 Å². The molecule has 3 N–H and O–H groups in total. The van der Waals surface area contributed by atoms with Gasteiger partial charge in [0, 0.05) is 14.9 Å². The molecule has 1 aromatic heterocycles. The van der Waals surface area contributed by atoms with E-state index in [0.29, 0.717) is 8.95 Å². The van der Waals surface area contributed by atoms with Gasteiger partial charge in [-0.2, -0.15) is 0 Å². The number of hydrogen-bond donors (Lipinski definition) is 2. The Morgan fingerprint density at radius 1 is 1.22 bits per heavy atom. The minimum absolute atomic E-state index is 0. The summed E-state index contributed by atoms with van der Waals surface area (Å²) in [6.07, 6.45) is 0. The summed E-state index contributed by atoms with van der Waals surface area (Å²) in [5.74, 6) is 0.162. The van der Waals surface area contributed by atoms with Gasteiger partial charge in [-0.15, -0.1) is 23.7 Å². The van der Waals surface area contributed by atoms with Crippen LogP contribution in [-0.4, -0.2) is 5.11 Å². The standard InChI is InChI=1S/C11H8Br3NOS.ClH/c12-5-4-6(13)11(16)9(14)8(5)10(15)7-2-1-3-17-7;/h1-4,10,16H,15H2;1H/t10-;/m1./s1. The molecule has 0 amide bonds. The molecule has 0 unspecified atom stereocenters. The number of nitrogens with two attached hydrogens (primary N) is 1. The van der Waals surface area contributed by atoms with Crippen LogP contribution < -0.4 is 5.73 Å². The second kappa shape index (κ2) is 6.72. The molecule has 0 spiro atoms. The van der Waals surface area contributed by atoms with Crippen LogP contribution in [0.3, 0.4) is 0 Å². The zero-order valence-corrected chi connectivity index (χ0v) is 15.3. The molecule has 7 heteroatoms.